The largest absolute Gasteiger partial charge is 0.392 e. The van der Waals surface area contributed by atoms with Crippen LogP contribution < -0.4 is 0 Å². The van der Waals surface area contributed by atoms with Crippen molar-refractivity contribution in [2.24, 2.45) is 0 Å². The van der Waals surface area contributed by atoms with Gasteiger partial charge in [-0.15, -0.1) is 0 Å². The van der Waals surface area contributed by atoms with E-state index in [1.165, 1.54) is 0 Å². The highest BCUT2D eigenvalue weighted by atomic mass is 79.9. The SMILES string of the molecule is OC1CCCC2(OCCO2)C1Br. The van der Waals surface area contributed by atoms with E-state index < -0.39 is 5.79 Å². The molecule has 1 spiro atoms. The molecule has 0 aromatic rings. The van der Waals surface area contributed by atoms with Crippen molar-refractivity contribution in [2.75, 3.05) is 13.2 Å². The Morgan fingerprint density at radius 1 is 1.33 bits per heavy atom. The van der Waals surface area contributed by atoms with Gasteiger partial charge in [-0.2, -0.15) is 0 Å². The molecular weight excluding hydrogens is 224 g/mol. The molecule has 0 amide bonds. The minimum absolute atomic E-state index is 0.0683. The maximum absolute atomic E-state index is 9.60. The number of aliphatic hydroxyl groups excluding tert-OH is 1. The fourth-order valence-electron chi connectivity index (χ4n) is 1.91. The second-order valence-electron chi connectivity index (χ2n) is 3.37. The average Bonchev–Trinajstić information content (AvgIpc) is 2.50. The molecule has 0 aromatic carbocycles. The summed E-state index contributed by atoms with van der Waals surface area (Å²) in [6.45, 7) is 1.30. The van der Waals surface area contributed by atoms with Crippen LogP contribution in [0, 0.1) is 0 Å². The highest BCUT2D eigenvalue weighted by Crippen LogP contribution is 2.40. The number of halogens is 1. The normalized spacial score (nSPS) is 40.5. The van der Waals surface area contributed by atoms with Crippen LogP contribution in [0.5, 0.6) is 0 Å². The lowest BCUT2D eigenvalue weighted by molar-refractivity contribution is -0.187. The van der Waals surface area contributed by atoms with E-state index >= 15 is 0 Å². The van der Waals surface area contributed by atoms with Crippen molar-refractivity contribution in [3.05, 3.63) is 0 Å². The van der Waals surface area contributed by atoms with Crippen LogP contribution in [0.1, 0.15) is 19.3 Å². The molecule has 0 bridgehead atoms. The minimum atomic E-state index is -0.530. The van der Waals surface area contributed by atoms with Crippen LogP contribution in [0.15, 0.2) is 0 Å². The first-order chi connectivity index (χ1) is 5.75. The Balaban J connectivity index is 2.11. The van der Waals surface area contributed by atoms with Gasteiger partial charge < -0.3 is 14.6 Å². The van der Waals surface area contributed by atoms with Crippen LogP contribution >= 0.6 is 15.9 Å². The van der Waals surface area contributed by atoms with Gasteiger partial charge in [0.25, 0.3) is 0 Å². The fraction of sp³-hybridized carbons (Fsp3) is 1.00. The van der Waals surface area contributed by atoms with E-state index in [1.807, 2.05) is 0 Å². The lowest BCUT2D eigenvalue weighted by atomic mass is 9.92. The molecule has 70 valence electrons. The Bertz CT molecular complexity index is 168. The van der Waals surface area contributed by atoms with Gasteiger partial charge in [-0.1, -0.05) is 15.9 Å². The van der Waals surface area contributed by atoms with Crippen molar-refractivity contribution in [2.45, 2.75) is 36.0 Å². The molecule has 1 aliphatic carbocycles. The van der Waals surface area contributed by atoms with Gasteiger partial charge in [0.1, 0.15) is 0 Å². The molecule has 1 aliphatic heterocycles. The highest BCUT2D eigenvalue weighted by Gasteiger charge is 2.48. The predicted molar refractivity (Wildman–Crippen MR) is 47.2 cm³/mol. The van der Waals surface area contributed by atoms with E-state index in [0.717, 1.165) is 19.3 Å². The number of hydrogen-bond donors (Lipinski definition) is 1. The van der Waals surface area contributed by atoms with Crippen LogP contribution in [0.3, 0.4) is 0 Å². The molecule has 12 heavy (non-hydrogen) atoms. The van der Waals surface area contributed by atoms with Gasteiger partial charge in [0.05, 0.1) is 24.1 Å². The maximum Gasteiger partial charge on any atom is 0.183 e. The van der Waals surface area contributed by atoms with Crippen LogP contribution in [0.25, 0.3) is 0 Å². The number of hydrogen-bond acceptors (Lipinski definition) is 3. The molecule has 2 atom stereocenters. The first kappa shape index (κ1) is 8.94. The van der Waals surface area contributed by atoms with Gasteiger partial charge in [0.2, 0.25) is 0 Å². The molecule has 2 fully saturated rings. The fourth-order valence-corrected chi connectivity index (χ4v) is 2.67. The molecule has 1 saturated carbocycles. The van der Waals surface area contributed by atoms with Crippen LogP contribution in [-0.4, -0.2) is 35.0 Å². The monoisotopic (exact) mass is 236 g/mol. The lowest BCUT2D eigenvalue weighted by Crippen LogP contribution is -2.49. The van der Waals surface area contributed by atoms with Crippen molar-refractivity contribution >= 4 is 15.9 Å². The standard InChI is InChI=1S/C8H13BrO3/c9-7-6(10)2-1-3-8(7)11-4-5-12-8/h6-7,10H,1-5H2. The molecule has 3 nitrogen and oxygen atoms in total. The van der Waals surface area contributed by atoms with Crippen LogP contribution in [-0.2, 0) is 9.47 Å². The number of ether oxygens (including phenoxy) is 2. The first-order valence-corrected chi connectivity index (χ1v) is 5.26. The Morgan fingerprint density at radius 2 is 2.00 bits per heavy atom. The second kappa shape index (κ2) is 3.25. The summed E-state index contributed by atoms with van der Waals surface area (Å²) < 4.78 is 11.1. The zero-order valence-electron chi connectivity index (χ0n) is 6.83. The number of rotatable bonds is 0. The Kier molecular flexibility index (Phi) is 2.42. The van der Waals surface area contributed by atoms with Gasteiger partial charge in [-0.25, -0.2) is 0 Å². The smallest absolute Gasteiger partial charge is 0.183 e. The van der Waals surface area contributed by atoms with Crippen LogP contribution in [0.2, 0.25) is 0 Å². The van der Waals surface area contributed by atoms with E-state index in [1.54, 1.807) is 0 Å². The third-order valence-corrected chi connectivity index (χ3v) is 3.87. The van der Waals surface area contributed by atoms with Crippen molar-refractivity contribution < 1.29 is 14.6 Å². The molecule has 2 aliphatic rings. The lowest BCUT2D eigenvalue weighted by Gasteiger charge is -2.38. The van der Waals surface area contributed by atoms with E-state index in [4.69, 9.17) is 9.47 Å². The quantitative estimate of drug-likeness (QED) is 0.640. The molecule has 0 radical (unpaired) electrons. The zero-order chi connectivity index (χ0) is 8.60. The summed E-state index contributed by atoms with van der Waals surface area (Å²) in [6, 6.07) is 0. The summed E-state index contributed by atoms with van der Waals surface area (Å²) in [5, 5.41) is 9.60. The topological polar surface area (TPSA) is 38.7 Å². The zero-order valence-corrected chi connectivity index (χ0v) is 8.42. The molecule has 2 rings (SSSR count). The van der Waals surface area contributed by atoms with Gasteiger partial charge in [0.15, 0.2) is 5.79 Å². The Labute approximate surface area is 80.2 Å². The second-order valence-corrected chi connectivity index (χ2v) is 4.36. The van der Waals surface area contributed by atoms with Crippen LogP contribution in [0.4, 0.5) is 0 Å². The van der Waals surface area contributed by atoms with Gasteiger partial charge in [0, 0.05) is 6.42 Å². The minimum Gasteiger partial charge on any atom is -0.392 e. The van der Waals surface area contributed by atoms with Gasteiger partial charge in [-0.05, 0) is 12.8 Å². The summed E-state index contributed by atoms with van der Waals surface area (Å²) in [6.07, 6.45) is 2.37. The van der Waals surface area contributed by atoms with Gasteiger partial charge in [-0.3, -0.25) is 0 Å². The van der Waals surface area contributed by atoms with Crippen molar-refractivity contribution in [3.8, 4) is 0 Å². The maximum atomic E-state index is 9.60. The first-order valence-electron chi connectivity index (χ1n) is 4.35. The molecule has 1 N–H and O–H groups in total. The summed E-state index contributed by atoms with van der Waals surface area (Å²) in [5.41, 5.74) is 0. The highest BCUT2D eigenvalue weighted by molar-refractivity contribution is 9.09. The van der Waals surface area contributed by atoms with Crippen molar-refractivity contribution in [1.82, 2.24) is 0 Å². The van der Waals surface area contributed by atoms with E-state index in [0.29, 0.717) is 13.2 Å². The third kappa shape index (κ3) is 1.31. The summed E-state index contributed by atoms with van der Waals surface area (Å²) in [4.78, 5) is -0.0683. The predicted octanol–water partition coefficient (Wildman–Crippen LogP) is 1.04. The van der Waals surface area contributed by atoms with Crippen molar-refractivity contribution in [1.29, 1.82) is 0 Å². The van der Waals surface area contributed by atoms with E-state index in [-0.39, 0.29) is 10.9 Å². The third-order valence-electron chi connectivity index (χ3n) is 2.56. The van der Waals surface area contributed by atoms with E-state index in [9.17, 15) is 5.11 Å². The summed E-state index contributed by atoms with van der Waals surface area (Å²) in [7, 11) is 0. The van der Waals surface area contributed by atoms with E-state index in [2.05, 4.69) is 15.9 Å². The number of alkyl halides is 1. The molecule has 2 unspecified atom stereocenters. The summed E-state index contributed by atoms with van der Waals surface area (Å²) in [5.74, 6) is -0.530. The number of aliphatic hydroxyl groups is 1. The molecule has 1 saturated heterocycles. The Hall–Kier alpha value is 0.360. The molecule has 0 aromatic heterocycles. The average molecular weight is 237 g/mol. The molecule has 4 heteroatoms. The Morgan fingerprint density at radius 3 is 2.67 bits per heavy atom. The molecular formula is C8H13BrO3. The van der Waals surface area contributed by atoms with Gasteiger partial charge >= 0.3 is 0 Å². The summed E-state index contributed by atoms with van der Waals surface area (Å²) >= 11 is 3.44. The molecule has 1 heterocycles. The van der Waals surface area contributed by atoms with Crippen molar-refractivity contribution in [3.63, 3.8) is 0 Å².